The van der Waals surface area contributed by atoms with Gasteiger partial charge < -0.3 is 5.32 Å². The van der Waals surface area contributed by atoms with Gasteiger partial charge in [-0.15, -0.1) is 0 Å². The normalized spacial score (nSPS) is 14.1. The van der Waals surface area contributed by atoms with Crippen LogP contribution in [0.3, 0.4) is 0 Å². The van der Waals surface area contributed by atoms with E-state index in [-0.39, 0.29) is 16.7 Å². The summed E-state index contributed by atoms with van der Waals surface area (Å²) in [6.07, 6.45) is 2.59. The Hall–Kier alpha value is -1.65. The van der Waals surface area contributed by atoms with Crippen molar-refractivity contribution < 1.29 is 4.92 Å². The van der Waals surface area contributed by atoms with E-state index >= 15 is 0 Å². The Balaban J connectivity index is 2.86. The first-order valence-electron chi connectivity index (χ1n) is 5.83. The minimum absolute atomic E-state index is 0.110. The van der Waals surface area contributed by atoms with Crippen molar-refractivity contribution in [1.82, 2.24) is 4.98 Å². The van der Waals surface area contributed by atoms with Crippen LogP contribution < -0.4 is 5.32 Å². The van der Waals surface area contributed by atoms with Gasteiger partial charge in [-0.05, 0) is 19.8 Å². The van der Waals surface area contributed by atoms with Crippen LogP contribution >= 0.6 is 0 Å². The molecule has 1 aromatic heterocycles. The zero-order valence-electron chi connectivity index (χ0n) is 10.7. The highest BCUT2D eigenvalue weighted by Gasteiger charge is 2.15. The number of hydrogen-bond donors (Lipinski definition) is 1. The van der Waals surface area contributed by atoms with Gasteiger partial charge in [0.2, 0.25) is 0 Å². The highest BCUT2D eigenvalue weighted by Crippen LogP contribution is 2.21. The van der Waals surface area contributed by atoms with Crippen molar-refractivity contribution in [2.75, 3.05) is 5.32 Å². The molecule has 0 bridgehead atoms. The lowest BCUT2D eigenvalue weighted by Crippen LogP contribution is -2.23. The van der Waals surface area contributed by atoms with Crippen LogP contribution in [-0.2, 0) is 0 Å². The maximum Gasteiger partial charge on any atom is 0.277 e. The van der Waals surface area contributed by atoms with E-state index in [2.05, 4.69) is 31.1 Å². The number of aromatic nitrogens is 1. The molecule has 0 aliphatic heterocycles. The van der Waals surface area contributed by atoms with Crippen LogP contribution in [0.15, 0.2) is 12.3 Å². The third-order valence-electron chi connectivity index (χ3n) is 3.14. The van der Waals surface area contributed by atoms with E-state index in [1.165, 1.54) is 12.3 Å². The summed E-state index contributed by atoms with van der Waals surface area (Å²) in [5.41, 5.74) is 0.690. The summed E-state index contributed by atoms with van der Waals surface area (Å²) in [7, 11) is 0. The van der Waals surface area contributed by atoms with E-state index in [0.29, 0.717) is 17.3 Å². The molecule has 0 saturated heterocycles. The molecule has 17 heavy (non-hydrogen) atoms. The standard InChI is InChI=1S/C12H19N3O2/c1-5-8(2)10(4)14-12-6-11(15(16)17)9(3)7-13-12/h6-8,10H,5H2,1-4H3,(H,13,14). The van der Waals surface area contributed by atoms with E-state index in [0.717, 1.165) is 6.42 Å². The van der Waals surface area contributed by atoms with Crippen LogP contribution in [0, 0.1) is 23.0 Å². The van der Waals surface area contributed by atoms with Gasteiger partial charge in [-0.2, -0.15) is 0 Å². The number of nitro groups is 1. The number of rotatable bonds is 5. The zero-order valence-corrected chi connectivity index (χ0v) is 10.7. The van der Waals surface area contributed by atoms with E-state index in [1.54, 1.807) is 6.92 Å². The van der Waals surface area contributed by atoms with Gasteiger partial charge >= 0.3 is 0 Å². The lowest BCUT2D eigenvalue weighted by atomic mass is 10.0. The molecule has 0 fully saturated rings. The minimum atomic E-state index is -0.379. The molecule has 2 unspecified atom stereocenters. The second kappa shape index (κ2) is 5.61. The van der Waals surface area contributed by atoms with Gasteiger partial charge in [0.1, 0.15) is 5.82 Å². The lowest BCUT2D eigenvalue weighted by molar-refractivity contribution is -0.385. The molecule has 0 radical (unpaired) electrons. The number of anilines is 1. The molecule has 0 spiro atoms. The molecule has 5 nitrogen and oxygen atoms in total. The molecule has 0 saturated carbocycles. The second-order valence-corrected chi connectivity index (χ2v) is 4.43. The van der Waals surface area contributed by atoms with Crippen LogP contribution in [0.5, 0.6) is 0 Å². The molecule has 1 heterocycles. The monoisotopic (exact) mass is 237 g/mol. The quantitative estimate of drug-likeness (QED) is 0.631. The predicted molar refractivity (Wildman–Crippen MR) is 68.2 cm³/mol. The second-order valence-electron chi connectivity index (χ2n) is 4.43. The Labute approximate surface area is 101 Å². The summed E-state index contributed by atoms with van der Waals surface area (Å²) in [5, 5.41) is 14.0. The molecule has 1 rings (SSSR count). The van der Waals surface area contributed by atoms with Crippen molar-refractivity contribution in [3.8, 4) is 0 Å². The fourth-order valence-corrected chi connectivity index (χ4v) is 1.52. The molecule has 1 N–H and O–H groups in total. The molecule has 2 atom stereocenters. The first-order chi connectivity index (χ1) is 7.95. The predicted octanol–water partition coefficient (Wildman–Crippen LogP) is 3.14. The van der Waals surface area contributed by atoms with Crippen LogP contribution in [-0.4, -0.2) is 15.9 Å². The molecule has 0 aliphatic rings. The van der Waals surface area contributed by atoms with E-state index in [9.17, 15) is 10.1 Å². The first-order valence-corrected chi connectivity index (χ1v) is 5.83. The summed E-state index contributed by atoms with van der Waals surface area (Å²) in [4.78, 5) is 14.6. The SMILES string of the molecule is CCC(C)C(C)Nc1cc([N+](=O)[O-])c(C)cn1. The molecular formula is C12H19N3O2. The summed E-state index contributed by atoms with van der Waals surface area (Å²) in [6.45, 7) is 8.00. The van der Waals surface area contributed by atoms with Crippen molar-refractivity contribution in [3.05, 3.63) is 27.9 Å². The maximum atomic E-state index is 10.8. The number of nitrogens with zero attached hydrogens (tertiary/aromatic N) is 2. The third-order valence-corrected chi connectivity index (χ3v) is 3.14. The number of pyridine rings is 1. The van der Waals surface area contributed by atoms with Gasteiger partial charge in [0, 0.05) is 17.8 Å². The average molecular weight is 237 g/mol. The molecule has 1 aromatic rings. The number of nitrogens with one attached hydrogen (secondary N) is 1. The van der Waals surface area contributed by atoms with Crippen molar-refractivity contribution in [3.63, 3.8) is 0 Å². The average Bonchev–Trinajstić information content (AvgIpc) is 2.30. The van der Waals surface area contributed by atoms with Gasteiger partial charge in [-0.25, -0.2) is 4.98 Å². The fourth-order valence-electron chi connectivity index (χ4n) is 1.52. The van der Waals surface area contributed by atoms with E-state index in [1.807, 2.05) is 0 Å². The van der Waals surface area contributed by atoms with Crippen molar-refractivity contribution in [2.45, 2.75) is 40.2 Å². The summed E-state index contributed by atoms with van der Waals surface area (Å²) in [5.74, 6) is 1.06. The zero-order chi connectivity index (χ0) is 13.0. The lowest BCUT2D eigenvalue weighted by Gasteiger charge is -2.20. The number of hydrogen-bond acceptors (Lipinski definition) is 4. The maximum absolute atomic E-state index is 10.8. The smallest absolute Gasteiger partial charge is 0.277 e. The molecule has 0 aromatic carbocycles. The van der Waals surface area contributed by atoms with Gasteiger partial charge in [0.25, 0.3) is 5.69 Å². The van der Waals surface area contributed by atoms with Gasteiger partial charge in [0.15, 0.2) is 0 Å². The highest BCUT2D eigenvalue weighted by atomic mass is 16.6. The highest BCUT2D eigenvalue weighted by molar-refractivity contribution is 5.49. The topological polar surface area (TPSA) is 68.1 Å². The Kier molecular flexibility index (Phi) is 4.43. The van der Waals surface area contributed by atoms with Crippen molar-refractivity contribution >= 4 is 11.5 Å². The minimum Gasteiger partial charge on any atom is -0.367 e. The molecule has 94 valence electrons. The molecule has 0 aliphatic carbocycles. The first kappa shape index (κ1) is 13.4. The summed E-state index contributed by atoms with van der Waals surface area (Å²) in [6, 6.07) is 1.74. The van der Waals surface area contributed by atoms with Crippen molar-refractivity contribution in [2.24, 2.45) is 5.92 Å². The van der Waals surface area contributed by atoms with Crippen LogP contribution in [0.2, 0.25) is 0 Å². The van der Waals surface area contributed by atoms with E-state index < -0.39 is 0 Å². The van der Waals surface area contributed by atoms with Gasteiger partial charge in [-0.3, -0.25) is 10.1 Å². The van der Waals surface area contributed by atoms with Crippen LogP contribution in [0.4, 0.5) is 11.5 Å². The van der Waals surface area contributed by atoms with E-state index in [4.69, 9.17) is 0 Å². The Morgan fingerprint density at radius 1 is 1.53 bits per heavy atom. The molecule has 0 amide bonds. The molecular weight excluding hydrogens is 218 g/mol. The summed E-state index contributed by atoms with van der Waals surface area (Å²) < 4.78 is 0. The van der Waals surface area contributed by atoms with Crippen LogP contribution in [0.1, 0.15) is 32.8 Å². The van der Waals surface area contributed by atoms with Crippen molar-refractivity contribution in [1.29, 1.82) is 0 Å². The Bertz CT molecular complexity index is 407. The largest absolute Gasteiger partial charge is 0.367 e. The van der Waals surface area contributed by atoms with Crippen LogP contribution in [0.25, 0.3) is 0 Å². The molecule has 5 heteroatoms. The summed E-state index contributed by atoms with van der Waals surface area (Å²) >= 11 is 0. The third kappa shape index (κ3) is 3.41. The van der Waals surface area contributed by atoms with Gasteiger partial charge in [-0.1, -0.05) is 20.3 Å². The Morgan fingerprint density at radius 3 is 2.71 bits per heavy atom. The van der Waals surface area contributed by atoms with Gasteiger partial charge in [0.05, 0.1) is 11.0 Å². The fraction of sp³-hybridized carbons (Fsp3) is 0.583. The Morgan fingerprint density at radius 2 is 2.18 bits per heavy atom. The number of aryl methyl sites for hydroxylation is 1.